The molecule has 1 saturated heterocycles. The number of sulfone groups is 1. The summed E-state index contributed by atoms with van der Waals surface area (Å²) in [6.45, 7) is 4.74. The summed E-state index contributed by atoms with van der Waals surface area (Å²) in [6.07, 6.45) is 1.55. The molecule has 6 heteroatoms. The minimum atomic E-state index is -2.86. The predicted molar refractivity (Wildman–Crippen MR) is 64.5 cm³/mol. The molecule has 0 aliphatic carbocycles. The Morgan fingerprint density at radius 1 is 1.47 bits per heavy atom. The smallest absolute Gasteiger partial charge is 0.208 e. The second-order valence-electron chi connectivity index (χ2n) is 4.51. The van der Waals surface area contributed by atoms with Crippen molar-refractivity contribution in [3.8, 4) is 0 Å². The number of rotatable bonds is 4. The van der Waals surface area contributed by atoms with Crippen LogP contribution in [0.5, 0.6) is 0 Å². The molecule has 2 heterocycles. The molecule has 0 spiro atoms. The fourth-order valence-corrected chi connectivity index (χ4v) is 3.84. The number of hydrogen-bond acceptors (Lipinski definition) is 5. The Balaban J connectivity index is 1.84. The molecule has 1 unspecified atom stereocenters. The molecular weight excluding hydrogens is 240 g/mol. The van der Waals surface area contributed by atoms with Crippen LogP contribution in [0.2, 0.25) is 0 Å². The van der Waals surface area contributed by atoms with Gasteiger partial charge in [-0.05, 0) is 26.7 Å². The molecule has 0 saturated carbocycles. The van der Waals surface area contributed by atoms with Gasteiger partial charge in [-0.3, -0.25) is 0 Å². The molecule has 2 rings (SSSR count). The van der Waals surface area contributed by atoms with Crippen molar-refractivity contribution in [3.63, 3.8) is 0 Å². The number of hydrogen-bond donors (Lipinski definition) is 1. The lowest BCUT2D eigenvalue weighted by Gasteiger charge is -2.09. The van der Waals surface area contributed by atoms with Gasteiger partial charge in [-0.15, -0.1) is 0 Å². The molecule has 0 amide bonds. The molecule has 17 heavy (non-hydrogen) atoms. The van der Waals surface area contributed by atoms with Crippen LogP contribution < -0.4 is 5.32 Å². The van der Waals surface area contributed by atoms with Crippen molar-refractivity contribution in [2.24, 2.45) is 0 Å². The third-order valence-corrected chi connectivity index (χ3v) is 5.46. The Morgan fingerprint density at radius 2 is 2.24 bits per heavy atom. The molecule has 1 fully saturated rings. The molecule has 0 radical (unpaired) electrons. The van der Waals surface area contributed by atoms with E-state index in [-0.39, 0.29) is 5.25 Å². The van der Waals surface area contributed by atoms with E-state index in [0.717, 1.165) is 24.3 Å². The van der Waals surface area contributed by atoms with Crippen molar-refractivity contribution in [1.29, 1.82) is 0 Å². The van der Waals surface area contributed by atoms with Crippen LogP contribution in [0, 0.1) is 13.8 Å². The molecule has 1 aromatic heterocycles. The Bertz CT molecular complexity index is 473. The average Bonchev–Trinajstić information content (AvgIpc) is 2.72. The van der Waals surface area contributed by atoms with Gasteiger partial charge in [0.25, 0.3) is 0 Å². The maximum atomic E-state index is 11.6. The number of aryl methyl sites for hydroxylation is 2. The topological polar surface area (TPSA) is 72.2 Å². The summed E-state index contributed by atoms with van der Waals surface area (Å²) in [5.74, 6) is 1.77. The highest BCUT2D eigenvalue weighted by molar-refractivity contribution is 7.92. The molecule has 5 nitrogen and oxygen atoms in total. The zero-order chi connectivity index (χ0) is 12.5. The van der Waals surface area contributed by atoms with Crippen LogP contribution in [0.3, 0.4) is 0 Å². The summed E-state index contributed by atoms with van der Waals surface area (Å²) < 4.78 is 28.6. The van der Waals surface area contributed by atoms with Gasteiger partial charge in [-0.1, -0.05) is 0 Å². The van der Waals surface area contributed by atoms with E-state index in [1.807, 2.05) is 13.8 Å². The Morgan fingerprint density at radius 3 is 2.76 bits per heavy atom. The van der Waals surface area contributed by atoms with Gasteiger partial charge < -0.3 is 9.73 Å². The summed E-state index contributed by atoms with van der Waals surface area (Å²) in [4.78, 5) is 4.23. The number of oxazole rings is 1. The third kappa shape index (κ3) is 2.87. The van der Waals surface area contributed by atoms with Crippen molar-refractivity contribution in [2.75, 3.05) is 12.3 Å². The summed E-state index contributed by atoms with van der Waals surface area (Å²) in [5, 5.41) is 2.87. The quantitative estimate of drug-likeness (QED) is 0.871. The summed E-state index contributed by atoms with van der Waals surface area (Å²) >= 11 is 0. The summed E-state index contributed by atoms with van der Waals surface area (Å²) in [5.41, 5.74) is 0.885. The van der Waals surface area contributed by atoms with E-state index in [9.17, 15) is 8.42 Å². The van der Waals surface area contributed by atoms with E-state index in [2.05, 4.69) is 10.3 Å². The van der Waals surface area contributed by atoms with E-state index in [0.29, 0.717) is 24.7 Å². The lowest BCUT2D eigenvalue weighted by Crippen LogP contribution is -2.30. The van der Waals surface area contributed by atoms with Crippen LogP contribution in [0.25, 0.3) is 0 Å². The average molecular weight is 258 g/mol. The van der Waals surface area contributed by atoms with E-state index in [4.69, 9.17) is 4.42 Å². The van der Waals surface area contributed by atoms with Gasteiger partial charge in [-0.2, -0.15) is 0 Å². The van der Waals surface area contributed by atoms with Gasteiger partial charge in [0.15, 0.2) is 9.84 Å². The maximum Gasteiger partial charge on any atom is 0.208 e. The van der Waals surface area contributed by atoms with Crippen molar-refractivity contribution >= 4 is 9.84 Å². The van der Waals surface area contributed by atoms with E-state index < -0.39 is 9.84 Å². The van der Waals surface area contributed by atoms with Crippen LogP contribution in [0.15, 0.2) is 4.42 Å². The first kappa shape index (κ1) is 12.6. The first-order valence-electron chi connectivity index (χ1n) is 5.84. The molecule has 96 valence electrons. The predicted octanol–water partition coefficient (Wildman–Crippen LogP) is 0.958. The van der Waals surface area contributed by atoms with Gasteiger partial charge in [0.1, 0.15) is 5.76 Å². The van der Waals surface area contributed by atoms with Crippen LogP contribution in [-0.2, 0) is 16.4 Å². The van der Waals surface area contributed by atoms with Gasteiger partial charge in [0.05, 0.1) is 23.2 Å². The standard InChI is InChI=1S/C11H18N2O3S/c1-8-9(2)16-11(13-8)7-12-6-10-4-3-5-17(10,14)15/h10,12H,3-7H2,1-2H3. The minimum absolute atomic E-state index is 0.236. The first-order valence-corrected chi connectivity index (χ1v) is 7.56. The lowest BCUT2D eigenvalue weighted by molar-refractivity contribution is 0.447. The fourth-order valence-electron chi connectivity index (χ4n) is 2.04. The summed E-state index contributed by atoms with van der Waals surface area (Å²) in [6, 6.07) is 0. The van der Waals surface area contributed by atoms with Gasteiger partial charge in [0, 0.05) is 6.54 Å². The Kier molecular flexibility index (Phi) is 3.53. The van der Waals surface area contributed by atoms with Gasteiger partial charge in [-0.25, -0.2) is 13.4 Å². The maximum absolute atomic E-state index is 11.6. The Labute approximate surface area is 102 Å². The highest BCUT2D eigenvalue weighted by Gasteiger charge is 2.30. The van der Waals surface area contributed by atoms with E-state index in [1.54, 1.807) is 0 Å². The van der Waals surface area contributed by atoms with Crippen LogP contribution in [0.1, 0.15) is 30.2 Å². The molecule has 1 aliphatic heterocycles. The van der Waals surface area contributed by atoms with Crippen molar-refractivity contribution in [1.82, 2.24) is 10.3 Å². The van der Waals surface area contributed by atoms with E-state index >= 15 is 0 Å². The summed E-state index contributed by atoms with van der Waals surface area (Å²) in [7, 11) is -2.86. The SMILES string of the molecule is Cc1nc(CNCC2CCCS2(=O)=O)oc1C. The van der Waals surface area contributed by atoms with Gasteiger partial charge in [0.2, 0.25) is 5.89 Å². The fraction of sp³-hybridized carbons (Fsp3) is 0.727. The highest BCUT2D eigenvalue weighted by Crippen LogP contribution is 2.19. The molecule has 0 aromatic carbocycles. The van der Waals surface area contributed by atoms with Crippen molar-refractivity contribution < 1.29 is 12.8 Å². The molecule has 1 atom stereocenters. The molecule has 0 bridgehead atoms. The minimum Gasteiger partial charge on any atom is -0.444 e. The zero-order valence-corrected chi connectivity index (χ0v) is 11.0. The van der Waals surface area contributed by atoms with Crippen molar-refractivity contribution in [2.45, 2.75) is 38.5 Å². The normalized spacial score (nSPS) is 23.1. The number of nitrogens with one attached hydrogen (secondary N) is 1. The number of aromatic nitrogens is 1. The monoisotopic (exact) mass is 258 g/mol. The lowest BCUT2D eigenvalue weighted by atomic mass is 10.2. The Hall–Kier alpha value is -0.880. The van der Waals surface area contributed by atoms with Gasteiger partial charge >= 0.3 is 0 Å². The van der Waals surface area contributed by atoms with Crippen molar-refractivity contribution in [3.05, 3.63) is 17.3 Å². The zero-order valence-electron chi connectivity index (χ0n) is 10.2. The molecular formula is C11H18N2O3S. The van der Waals surface area contributed by atoms with Crippen LogP contribution >= 0.6 is 0 Å². The third-order valence-electron chi connectivity index (χ3n) is 3.18. The van der Waals surface area contributed by atoms with Crippen LogP contribution in [-0.4, -0.2) is 30.9 Å². The largest absolute Gasteiger partial charge is 0.444 e. The second-order valence-corrected chi connectivity index (χ2v) is 6.91. The molecule has 1 N–H and O–H groups in total. The van der Waals surface area contributed by atoms with E-state index in [1.165, 1.54) is 0 Å². The van der Waals surface area contributed by atoms with Crippen LogP contribution in [0.4, 0.5) is 0 Å². The second kappa shape index (κ2) is 4.78. The highest BCUT2D eigenvalue weighted by atomic mass is 32.2. The first-order chi connectivity index (χ1) is 7.99. The number of nitrogens with zero attached hydrogens (tertiary/aromatic N) is 1. The molecule has 1 aliphatic rings. The molecule has 1 aromatic rings.